The van der Waals surface area contributed by atoms with Crippen LogP contribution in [0.3, 0.4) is 0 Å². The molecule has 5 rings (SSSR count). The Morgan fingerprint density at radius 1 is 0.867 bits per heavy atom. The average Bonchev–Trinajstić information content (AvgIpc) is 3.29. The van der Waals surface area contributed by atoms with Gasteiger partial charge < -0.3 is 9.64 Å². The van der Waals surface area contributed by atoms with Crippen LogP contribution in [-0.2, 0) is 11.3 Å². The molecule has 1 unspecified atom stereocenters. The van der Waals surface area contributed by atoms with Gasteiger partial charge in [0.25, 0.3) is 0 Å². The topological polar surface area (TPSA) is 15.7 Å². The number of fused-ring (bicyclic) bond motifs is 1. The number of anilines is 1. The van der Waals surface area contributed by atoms with Crippen LogP contribution in [-0.4, -0.2) is 38.2 Å². The Bertz CT molecular complexity index is 1090. The molecule has 2 heterocycles. The van der Waals surface area contributed by atoms with Crippen LogP contribution in [0.15, 0.2) is 94.3 Å². The second-order valence-corrected chi connectivity index (χ2v) is 9.70. The zero-order chi connectivity index (χ0) is 20.3. The van der Waals surface area contributed by atoms with Crippen molar-refractivity contribution in [2.24, 2.45) is 0 Å². The first kappa shape index (κ1) is 19.3. The predicted octanol–water partition coefficient (Wildman–Crippen LogP) is 5.54. The van der Waals surface area contributed by atoms with Crippen LogP contribution in [0.4, 0.5) is 5.69 Å². The van der Waals surface area contributed by atoms with Crippen LogP contribution in [0.1, 0.15) is 5.56 Å². The lowest BCUT2D eigenvalue weighted by Crippen LogP contribution is -2.46. The molecule has 0 radical (unpaired) electrons. The summed E-state index contributed by atoms with van der Waals surface area (Å²) in [6, 6.07) is 24.3. The first-order valence-corrected chi connectivity index (χ1v) is 12.1. The fraction of sp³-hybridized carbons (Fsp3) is 0.231. The molecule has 0 saturated carbocycles. The van der Waals surface area contributed by atoms with E-state index in [1.165, 1.54) is 26.9 Å². The first-order chi connectivity index (χ1) is 14.8. The smallest absolute Gasteiger partial charge is 0.124 e. The van der Waals surface area contributed by atoms with E-state index in [4.69, 9.17) is 4.74 Å². The molecule has 2 aliphatic rings. The van der Waals surface area contributed by atoms with Crippen LogP contribution in [0.5, 0.6) is 0 Å². The summed E-state index contributed by atoms with van der Waals surface area (Å²) >= 11 is 0. The van der Waals surface area contributed by atoms with Crippen molar-refractivity contribution < 1.29 is 4.74 Å². The molecule has 0 bridgehead atoms. The van der Waals surface area contributed by atoms with E-state index in [-0.39, 0.29) is 0 Å². The predicted molar refractivity (Wildman–Crippen MR) is 129 cm³/mol. The molecule has 0 N–H and O–H groups in total. The molecule has 4 heteroatoms. The van der Waals surface area contributed by atoms with Crippen molar-refractivity contribution in [3.05, 3.63) is 94.9 Å². The maximum atomic E-state index is 5.41. The third-order valence-electron chi connectivity index (χ3n) is 6.04. The summed E-state index contributed by atoms with van der Waals surface area (Å²) < 4.78 is 5.41. The second kappa shape index (κ2) is 8.58. The highest BCUT2D eigenvalue weighted by Crippen LogP contribution is 2.46. The molecule has 0 aliphatic carbocycles. The maximum Gasteiger partial charge on any atom is 0.124 e. The monoisotopic (exact) mass is 416 g/mol. The summed E-state index contributed by atoms with van der Waals surface area (Å²) in [5.74, 6) is 0.986. The quantitative estimate of drug-likeness (QED) is 0.550. The van der Waals surface area contributed by atoms with Gasteiger partial charge in [0.05, 0.1) is 7.11 Å². The van der Waals surface area contributed by atoms with E-state index in [0.717, 1.165) is 38.5 Å². The maximum absolute atomic E-state index is 5.41. The van der Waals surface area contributed by atoms with Crippen molar-refractivity contribution in [1.29, 1.82) is 0 Å². The van der Waals surface area contributed by atoms with Crippen LogP contribution in [0.25, 0.3) is 10.8 Å². The highest BCUT2D eigenvalue weighted by Gasteiger charge is 2.20. The SMILES string of the molecule is COC1=C[SH](c2ccccc2CN2CCN(c3cccc4ccccc34)CC2)C=C1. The van der Waals surface area contributed by atoms with E-state index in [1.807, 2.05) is 0 Å². The lowest BCUT2D eigenvalue weighted by atomic mass is 10.1. The zero-order valence-electron chi connectivity index (χ0n) is 17.4. The minimum absolute atomic E-state index is 0.403. The Hall–Kier alpha value is -2.69. The van der Waals surface area contributed by atoms with Crippen LogP contribution < -0.4 is 4.90 Å². The summed E-state index contributed by atoms with van der Waals surface area (Å²) in [4.78, 5) is 6.59. The summed E-state index contributed by atoms with van der Waals surface area (Å²) in [6.07, 6.45) is 2.10. The van der Waals surface area contributed by atoms with Crippen molar-refractivity contribution in [1.82, 2.24) is 4.90 Å². The van der Waals surface area contributed by atoms with E-state index < -0.39 is 10.9 Å². The standard InChI is InChI=1S/C26H28N2OS/c1-29-23-13-18-30(20-23)26-12-5-3-8-22(26)19-27-14-16-28(17-15-27)25-11-6-9-21-7-2-4-10-24(21)25/h2-13,18,20,30H,14-17,19H2,1H3. The van der Waals surface area contributed by atoms with Crippen molar-refractivity contribution >= 4 is 27.4 Å². The molecule has 30 heavy (non-hydrogen) atoms. The van der Waals surface area contributed by atoms with Crippen LogP contribution >= 0.6 is 10.9 Å². The molecule has 0 aromatic heterocycles. The molecule has 3 aromatic carbocycles. The van der Waals surface area contributed by atoms with Crippen molar-refractivity contribution in [2.45, 2.75) is 11.4 Å². The Labute approximate surface area is 181 Å². The molecule has 0 spiro atoms. The van der Waals surface area contributed by atoms with Gasteiger partial charge in [-0.2, -0.15) is 10.9 Å². The minimum Gasteiger partial charge on any atom is -0.496 e. The number of thiol groups is 1. The summed E-state index contributed by atoms with van der Waals surface area (Å²) in [5.41, 5.74) is 2.81. The number of ether oxygens (including phenoxy) is 1. The van der Waals surface area contributed by atoms with Crippen molar-refractivity contribution in [3.8, 4) is 0 Å². The number of piperazine rings is 1. The normalized spacial score (nSPS) is 20.5. The average molecular weight is 417 g/mol. The third kappa shape index (κ3) is 3.85. The summed E-state index contributed by atoms with van der Waals surface area (Å²) in [6.45, 7) is 5.33. The summed E-state index contributed by atoms with van der Waals surface area (Å²) in [5, 5.41) is 7.25. The fourth-order valence-electron chi connectivity index (χ4n) is 4.42. The van der Waals surface area contributed by atoms with Crippen molar-refractivity contribution in [2.75, 3.05) is 38.2 Å². The molecular weight excluding hydrogens is 388 g/mol. The first-order valence-electron chi connectivity index (χ1n) is 10.6. The van der Waals surface area contributed by atoms with E-state index in [2.05, 4.69) is 93.4 Å². The molecule has 1 atom stereocenters. The van der Waals surface area contributed by atoms with E-state index in [0.29, 0.717) is 0 Å². The lowest BCUT2D eigenvalue weighted by molar-refractivity contribution is 0.248. The largest absolute Gasteiger partial charge is 0.496 e. The molecule has 1 fully saturated rings. The van der Waals surface area contributed by atoms with Gasteiger partial charge in [-0.25, -0.2) is 0 Å². The second-order valence-electron chi connectivity index (χ2n) is 7.85. The number of hydrogen-bond acceptors (Lipinski definition) is 3. The number of rotatable bonds is 5. The Morgan fingerprint density at radius 3 is 2.47 bits per heavy atom. The van der Waals surface area contributed by atoms with Crippen LogP contribution in [0, 0.1) is 0 Å². The minimum atomic E-state index is -0.403. The van der Waals surface area contributed by atoms with E-state index in [1.54, 1.807) is 7.11 Å². The Kier molecular flexibility index (Phi) is 5.52. The van der Waals surface area contributed by atoms with Gasteiger partial charge in [0, 0.05) is 49.2 Å². The molecule has 3 nitrogen and oxygen atoms in total. The van der Waals surface area contributed by atoms with E-state index in [9.17, 15) is 0 Å². The molecular formula is C26H28N2OS. The van der Waals surface area contributed by atoms with Gasteiger partial charge in [-0.15, -0.1) is 0 Å². The highest BCUT2D eigenvalue weighted by molar-refractivity contribution is 8.22. The number of methoxy groups -OCH3 is 1. The highest BCUT2D eigenvalue weighted by atomic mass is 32.2. The van der Waals surface area contributed by atoms with Gasteiger partial charge in [0.15, 0.2) is 0 Å². The third-order valence-corrected chi connectivity index (χ3v) is 8.04. The summed E-state index contributed by atoms with van der Waals surface area (Å²) in [7, 11) is 1.34. The van der Waals surface area contributed by atoms with Gasteiger partial charge in [-0.1, -0.05) is 54.6 Å². The number of nitrogens with zero attached hydrogens (tertiary/aromatic N) is 2. The fourth-order valence-corrected chi connectivity index (χ4v) is 6.31. The van der Waals surface area contributed by atoms with Gasteiger partial charge in [-0.05, 0) is 39.5 Å². The number of hydrogen-bond donors (Lipinski definition) is 1. The van der Waals surface area contributed by atoms with Gasteiger partial charge >= 0.3 is 0 Å². The van der Waals surface area contributed by atoms with Crippen molar-refractivity contribution in [3.63, 3.8) is 0 Å². The molecule has 3 aromatic rings. The van der Waals surface area contributed by atoms with Gasteiger partial charge in [0.2, 0.25) is 0 Å². The Morgan fingerprint density at radius 2 is 1.63 bits per heavy atom. The molecule has 154 valence electrons. The van der Waals surface area contributed by atoms with Gasteiger partial charge in [0.1, 0.15) is 5.76 Å². The molecule has 1 saturated heterocycles. The van der Waals surface area contributed by atoms with E-state index >= 15 is 0 Å². The zero-order valence-corrected chi connectivity index (χ0v) is 18.3. The number of benzene rings is 3. The van der Waals surface area contributed by atoms with Crippen LogP contribution in [0.2, 0.25) is 0 Å². The molecule has 2 aliphatic heterocycles. The lowest BCUT2D eigenvalue weighted by Gasteiger charge is -2.37. The molecule has 0 amide bonds. The Balaban J connectivity index is 1.28. The van der Waals surface area contributed by atoms with Gasteiger partial charge in [-0.3, -0.25) is 4.90 Å². The number of allylic oxidation sites excluding steroid dienone is 1.